The van der Waals surface area contributed by atoms with Crippen molar-refractivity contribution in [3.63, 3.8) is 0 Å². The molecule has 0 aliphatic rings. The summed E-state index contributed by atoms with van der Waals surface area (Å²) in [6.07, 6.45) is 0.214. The summed E-state index contributed by atoms with van der Waals surface area (Å²) in [7, 11) is 3.31. The molecule has 0 aliphatic carbocycles. The smallest absolute Gasteiger partial charge is 0.251 e. The van der Waals surface area contributed by atoms with Gasteiger partial charge in [0.1, 0.15) is 0 Å². The number of carbonyl (C=O) groups excluding carboxylic acids is 3. The highest BCUT2D eigenvalue weighted by Gasteiger charge is 2.12. The van der Waals surface area contributed by atoms with E-state index in [0.717, 1.165) is 16.3 Å². The number of rotatable bonds is 7. The lowest BCUT2D eigenvalue weighted by Crippen LogP contribution is -2.31. The molecule has 2 N–H and O–H groups in total. The van der Waals surface area contributed by atoms with Gasteiger partial charge in [0.05, 0.1) is 0 Å². The van der Waals surface area contributed by atoms with Gasteiger partial charge in [-0.25, -0.2) is 0 Å². The first-order valence-corrected chi connectivity index (χ1v) is 9.80. The zero-order valence-electron chi connectivity index (χ0n) is 17.1. The third-order valence-electron chi connectivity index (χ3n) is 4.92. The summed E-state index contributed by atoms with van der Waals surface area (Å²) in [5, 5.41) is 7.46. The molecule has 0 atom stereocenters. The van der Waals surface area contributed by atoms with Crippen molar-refractivity contribution in [2.75, 3.05) is 20.6 Å². The fourth-order valence-electron chi connectivity index (χ4n) is 3.17. The Kier molecular flexibility index (Phi) is 6.80. The van der Waals surface area contributed by atoms with Gasteiger partial charge >= 0.3 is 0 Å². The Morgan fingerprint density at radius 3 is 2.20 bits per heavy atom. The van der Waals surface area contributed by atoms with E-state index in [2.05, 4.69) is 10.6 Å². The van der Waals surface area contributed by atoms with Crippen molar-refractivity contribution in [1.82, 2.24) is 15.5 Å². The Balaban J connectivity index is 1.48. The van der Waals surface area contributed by atoms with Crippen molar-refractivity contribution < 1.29 is 14.4 Å². The minimum Gasteiger partial charge on any atom is -0.355 e. The van der Waals surface area contributed by atoms with Gasteiger partial charge in [0.15, 0.2) is 0 Å². The third-order valence-corrected chi connectivity index (χ3v) is 4.92. The molecule has 3 amide bonds. The Hall–Kier alpha value is -3.67. The van der Waals surface area contributed by atoms with E-state index in [1.165, 1.54) is 0 Å². The molecule has 6 heteroatoms. The molecule has 0 heterocycles. The lowest BCUT2D eigenvalue weighted by molar-refractivity contribution is -0.130. The Labute approximate surface area is 175 Å². The Bertz CT molecular complexity index is 1060. The van der Waals surface area contributed by atoms with Crippen LogP contribution in [0.25, 0.3) is 10.8 Å². The molecule has 0 spiro atoms. The molecular formula is C24H25N3O3. The van der Waals surface area contributed by atoms with Gasteiger partial charge in [-0.2, -0.15) is 0 Å². The SMILES string of the molecule is CNC(=O)c1ccc(CN(C)C(=O)CCNC(=O)c2ccc3ccccc3c2)cc1. The van der Waals surface area contributed by atoms with Crippen molar-refractivity contribution in [1.29, 1.82) is 0 Å². The van der Waals surface area contributed by atoms with Crippen LogP contribution in [0.5, 0.6) is 0 Å². The first-order chi connectivity index (χ1) is 14.5. The summed E-state index contributed by atoms with van der Waals surface area (Å²) in [5.74, 6) is -0.404. The molecule has 0 bridgehead atoms. The van der Waals surface area contributed by atoms with E-state index in [-0.39, 0.29) is 30.7 Å². The number of fused-ring (bicyclic) bond motifs is 1. The Morgan fingerprint density at radius 2 is 1.50 bits per heavy atom. The second-order valence-electron chi connectivity index (χ2n) is 7.09. The molecule has 3 aromatic rings. The molecule has 30 heavy (non-hydrogen) atoms. The summed E-state index contributed by atoms with van der Waals surface area (Å²) in [6, 6.07) is 20.5. The van der Waals surface area contributed by atoms with Gasteiger partial charge in [0.2, 0.25) is 5.91 Å². The van der Waals surface area contributed by atoms with Gasteiger partial charge in [0, 0.05) is 44.7 Å². The third kappa shape index (κ3) is 5.23. The van der Waals surface area contributed by atoms with E-state index in [0.29, 0.717) is 17.7 Å². The largest absolute Gasteiger partial charge is 0.355 e. The molecule has 0 unspecified atom stereocenters. The number of hydrogen-bond donors (Lipinski definition) is 2. The maximum Gasteiger partial charge on any atom is 0.251 e. The second-order valence-corrected chi connectivity index (χ2v) is 7.09. The van der Waals surface area contributed by atoms with Gasteiger partial charge in [-0.05, 0) is 40.6 Å². The second kappa shape index (κ2) is 9.69. The van der Waals surface area contributed by atoms with Crippen LogP contribution in [0.15, 0.2) is 66.7 Å². The number of nitrogens with one attached hydrogen (secondary N) is 2. The number of benzene rings is 3. The fourth-order valence-corrected chi connectivity index (χ4v) is 3.17. The minimum atomic E-state index is -0.194. The van der Waals surface area contributed by atoms with Crippen LogP contribution >= 0.6 is 0 Å². The summed E-state index contributed by atoms with van der Waals surface area (Å²) in [5.41, 5.74) is 2.08. The first kappa shape index (κ1) is 21.0. The van der Waals surface area contributed by atoms with Crippen molar-refractivity contribution in [2.24, 2.45) is 0 Å². The van der Waals surface area contributed by atoms with Gasteiger partial charge in [0.25, 0.3) is 11.8 Å². The topological polar surface area (TPSA) is 78.5 Å². The molecule has 0 aliphatic heterocycles. The Morgan fingerprint density at radius 1 is 0.833 bits per heavy atom. The number of carbonyl (C=O) groups is 3. The maximum absolute atomic E-state index is 12.4. The highest BCUT2D eigenvalue weighted by atomic mass is 16.2. The molecule has 0 fully saturated rings. The lowest BCUT2D eigenvalue weighted by Gasteiger charge is -2.17. The van der Waals surface area contributed by atoms with Gasteiger partial charge < -0.3 is 15.5 Å². The highest BCUT2D eigenvalue weighted by Crippen LogP contribution is 2.15. The standard InChI is InChI=1S/C24H25N3O3/c1-25-23(29)19-9-7-17(8-10-19)16-27(2)22(28)13-14-26-24(30)21-12-11-18-5-3-4-6-20(18)15-21/h3-12,15H,13-14,16H2,1-2H3,(H,25,29)(H,26,30). The predicted octanol–water partition coefficient (Wildman–Crippen LogP) is 2.98. The highest BCUT2D eigenvalue weighted by molar-refractivity contribution is 5.98. The van der Waals surface area contributed by atoms with Gasteiger partial charge in [-0.15, -0.1) is 0 Å². The van der Waals surface area contributed by atoms with E-state index in [1.54, 1.807) is 37.2 Å². The van der Waals surface area contributed by atoms with Crippen LogP contribution < -0.4 is 10.6 Å². The van der Waals surface area contributed by atoms with Crippen LogP contribution in [0.3, 0.4) is 0 Å². The molecule has 0 saturated carbocycles. The number of hydrogen-bond acceptors (Lipinski definition) is 3. The monoisotopic (exact) mass is 403 g/mol. The number of nitrogens with zero attached hydrogens (tertiary/aromatic N) is 1. The zero-order valence-corrected chi connectivity index (χ0v) is 17.1. The molecule has 6 nitrogen and oxygen atoms in total. The summed E-state index contributed by atoms with van der Waals surface area (Å²) >= 11 is 0. The van der Waals surface area contributed by atoms with Crippen molar-refractivity contribution in [3.8, 4) is 0 Å². The van der Waals surface area contributed by atoms with Crippen LogP contribution in [-0.4, -0.2) is 43.3 Å². The fraction of sp³-hybridized carbons (Fsp3) is 0.208. The zero-order chi connectivity index (χ0) is 21.5. The summed E-state index contributed by atoms with van der Waals surface area (Å²) < 4.78 is 0. The summed E-state index contributed by atoms with van der Waals surface area (Å²) in [6.45, 7) is 0.704. The summed E-state index contributed by atoms with van der Waals surface area (Å²) in [4.78, 5) is 37.9. The van der Waals surface area contributed by atoms with E-state index >= 15 is 0 Å². The van der Waals surface area contributed by atoms with E-state index < -0.39 is 0 Å². The van der Waals surface area contributed by atoms with Gasteiger partial charge in [-0.1, -0.05) is 42.5 Å². The maximum atomic E-state index is 12.4. The molecule has 3 aromatic carbocycles. The van der Waals surface area contributed by atoms with Crippen molar-refractivity contribution in [3.05, 3.63) is 83.4 Å². The molecule has 3 rings (SSSR count). The van der Waals surface area contributed by atoms with Crippen LogP contribution in [0.2, 0.25) is 0 Å². The van der Waals surface area contributed by atoms with E-state index in [4.69, 9.17) is 0 Å². The average Bonchev–Trinajstić information content (AvgIpc) is 2.78. The van der Waals surface area contributed by atoms with Crippen LogP contribution in [0, 0.1) is 0 Å². The number of amides is 3. The molecule has 0 aromatic heterocycles. The first-order valence-electron chi connectivity index (χ1n) is 9.80. The predicted molar refractivity (Wildman–Crippen MR) is 117 cm³/mol. The lowest BCUT2D eigenvalue weighted by atomic mass is 10.1. The van der Waals surface area contributed by atoms with Crippen LogP contribution in [-0.2, 0) is 11.3 Å². The van der Waals surface area contributed by atoms with Crippen LogP contribution in [0.1, 0.15) is 32.7 Å². The van der Waals surface area contributed by atoms with E-state index in [9.17, 15) is 14.4 Å². The van der Waals surface area contributed by atoms with Crippen molar-refractivity contribution in [2.45, 2.75) is 13.0 Å². The van der Waals surface area contributed by atoms with Gasteiger partial charge in [-0.3, -0.25) is 14.4 Å². The normalized spacial score (nSPS) is 10.5. The van der Waals surface area contributed by atoms with Crippen molar-refractivity contribution >= 4 is 28.5 Å². The molecule has 154 valence electrons. The molecule has 0 radical (unpaired) electrons. The minimum absolute atomic E-state index is 0.0656. The van der Waals surface area contributed by atoms with E-state index in [1.807, 2.05) is 48.5 Å². The quantitative estimate of drug-likeness (QED) is 0.637. The molecule has 0 saturated heterocycles. The molecular weight excluding hydrogens is 378 g/mol. The van der Waals surface area contributed by atoms with Crippen LogP contribution in [0.4, 0.5) is 0 Å². The average molecular weight is 403 g/mol.